The molecular formula is C14H24ClN3O. The van der Waals surface area contributed by atoms with Crippen molar-refractivity contribution in [3.05, 3.63) is 16.5 Å². The smallest absolute Gasteiger partial charge is 0.137 e. The Morgan fingerprint density at radius 1 is 1.26 bits per heavy atom. The van der Waals surface area contributed by atoms with Crippen LogP contribution < -0.4 is 5.32 Å². The Balaban J connectivity index is 3.03. The van der Waals surface area contributed by atoms with Crippen molar-refractivity contribution >= 4 is 17.4 Å². The van der Waals surface area contributed by atoms with Crippen LogP contribution in [0.25, 0.3) is 0 Å². The van der Waals surface area contributed by atoms with Gasteiger partial charge in [0.2, 0.25) is 0 Å². The Hall–Kier alpha value is -0.870. The topological polar surface area (TPSA) is 58.0 Å². The second kappa shape index (κ2) is 6.06. The third kappa shape index (κ3) is 4.62. The summed E-state index contributed by atoms with van der Waals surface area (Å²) in [6.07, 6.45) is 0.313. The van der Waals surface area contributed by atoms with Gasteiger partial charge in [-0.2, -0.15) is 0 Å². The molecule has 0 aromatic carbocycles. The van der Waals surface area contributed by atoms with Crippen molar-refractivity contribution in [3.8, 4) is 0 Å². The van der Waals surface area contributed by atoms with Crippen LogP contribution in [0, 0.1) is 6.92 Å². The number of nitrogens with one attached hydrogen (secondary N) is 1. The molecule has 4 nitrogen and oxygen atoms in total. The summed E-state index contributed by atoms with van der Waals surface area (Å²) in [5.74, 6) is 1.47. The van der Waals surface area contributed by atoms with E-state index in [4.69, 9.17) is 11.6 Å². The van der Waals surface area contributed by atoms with Gasteiger partial charge in [0.25, 0.3) is 0 Å². The second-order valence-electron chi connectivity index (χ2n) is 6.19. The van der Waals surface area contributed by atoms with Gasteiger partial charge in [-0.15, -0.1) is 0 Å². The van der Waals surface area contributed by atoms with Crippen LogP contribution in [-0.4, -0.2) is 27.2 Å². The van der Waals surface area contributed by atoms with Crippen molar-refractivity contribution in [2.45, 2.75) is 65.5 Å². The zero-order valence-corrected chi connectivity index (χ0v) is 13.3. The van der Waals surface area contributed by atoms with Gasteiger partial charge in [0.05, 0.1) is 6.10 Å². The molecule has 2 N–H and O–H groups in total. The lowest BCUT2D eigenvalue weighted by molar-refractivity contribution is 0.179. The number of aliphatic hydroxyl groups excluding tert-OH is 1. The minimum atomic E-state index is -0.345. The third-order valence-corrected chi connectivity index (χ3v) is 3.20. The first-order chi connectivity index (χ1) is 8.61. The average molecular weight is 286 g/mol. The van der Waals surface area contributed by atoms with Crippen LogP contribution in [0.3, 0.4) is 0 Å². The Labute approximate surface area is 120 Å². The van der Waals surface area contributed by atoms with Gasteiger partial charge in [0.1, 0.15) is 16.8 Å². The summed E-state index contributed by atoms with van der Waals surface area (Å²) in [5, 5.41) is 13.2. The van der Waals surface area contributed by atoms with Gasteiger partial charge in [-0.25, -0.2) is 9.97 Å². The Morgan fingerprint density at radius 3 is 2.32 bits per heavy atom. The van der Waals surface area contributed by atoms with E-state index in [0.717, 1.165) is 17.2 Å². The predicted molar refractivity (Wildman–Crippen MR) is 79.9 cm³/mol. The molecule has 5 heteroatoms. The van der Waals surface area contributed by atoms with E-state index in [1.165, 1.54) is 0 Å². The van der Waals surface area contributed by atoms with E-state index in [1.54, 1.807) is 6.92 Å². The number of halogens is 1. The first-order valence-electron chi connectivity index (χ1n) is 6.60. The van der Waals surface area contributed by atoms with Crippen LogP contribution in [0.1, 0.15) is 52.4 Å². The van der Waals surface area contributed by atoms with Crippen LogP contribution in [-0.2, 0) is 5.41 Å². The first-order valence-corrected chi connectivity index (χ1v) is 6.98. The molecule has 1 rings (SSSR count). The Morgan fingerprint density at radius 2 is 1.84 bits per heavy atom. The lowest BCUT2D eigenvalue weighted by Gasteiger charge is -2.22. The normalized spacial score (nSPS) is 15.2. The molecule has 19 heavy (non-hydrogen) atoms. The maximum Gasteiger partial charge on any atom is 0.137 e. The molecule has 0 amide bonds. The van der Waals surface area contributed by atoms with Gasteiger partial charge in [-0.3, -0.25) is 0 Å². The second-order valence-corrected chi connectivity index (χ2v) is 6.55. The molecule has 0 fully saturated rings. The molecule has 0 bridgehead atoms. The number of aliphatic hydroxyl groups is 1. The van der Waals surface area contributed by atoms with Crippen LogP contribution >= 0.6 is 11.6 Å². The molecule has 1 heterocycles. The predicted octanol–water partition coefficient (Wildman–Crippen LogP) is 3.31. The van der Waals surface area contributed by atoms with Gasteiger partial charge in [0.15, 0.2) is 0 Å². The standard InChI is InChI=1S/C14H24ClN3O/c1-8(7-9(2)19)16-12-10(3)11(15)17-13(18-12)14(4,5)6/h8-9,19H,7H2,1-6H3,(H,16,17,18). The molecule has 0 radical (unpaired) electrons. The monoisotopic (exact) mass is 285 g/mol. The molecule has 1 aromatic rings. The van der Waals surface area contributed by atoms with E-state index >= 15 is 0 Å². The maximum absolute atomic E-state index is 9.41. The van der Waals surface area contributed by atoms with E-state index < -0.39 is 0 Å². The van der Waals surface area contributed by atoms with Gasteiger partial charge in [-0.05, 0) is 27.2 Å². The minimum absolute atomic E-state index is 0.123. The number of hydrogen-bond acceptors (Lipinski definition) is 4. The summed E-state index contributed by atoms with van der Waals surface area (Å²) in [7, 11) is 0. The Kier molecular flexibility index (Phi) is 5.16. The Bertz CT molecular complexity index is 441. The molecule has 0 aliphatic carbocycles. The van der Waals surface area contributed by atoms with E-state index in [2.05, 4.69) is 36.1 Å². The largest absolute Gasteiger partial charge is 0.393 e. The molecule has 2 unspecified atom stereocenters. The van der Waals surface area contributed by atoms with Crippen LogP contribution in [0.5, 0.6) is 0 Å². The number of aromatic nitrogens is 2. The zero-order valence-electron chi connectivity index (χ0n) is 12.6. The van der Waals surface area contributed by atoms with Crippen molar-refractivity contribution in [2.75, 3.05) is 5.32 Å². The summed E-state index contributed by atoms with van der Waals surface area (Å²) in [5.41, 5.74) is 0.688. The lowest BCUT2D eigenvalue weighted by atomic mass is 9.95. The van der Waals surface area contributed by atoms with Crippen molar-refractivity contribution in [1.82, 2.24) is 9.97 Å². The molecule has 0 aliphatic heterocycles. The molecular weight excluding hydrogens is 262 g/mol. The first kappa shape index (κ1) is 16.2. The fourth-order valence-electron chi connectivity index (χ4n) is 1.77. The van der Waals surface area contributed by atoms with Crippen molar-refractivity contribution < 1.29 is 5.11 Å². The highest BCUT2D eigenvalue weighted by atomic mass is 35.5. The number of hydrogen-bond donors (Lipinski definition) is 2. The molecule has 2 atom stereocenters. The highest BCUT2D eigenvalue weighted by Crippen LogP contribution is 2.26. The summed E-state index contributed by atoms with van der Waals surface area (Å²) < 4.78 is 0. The molecule has 0 aliphatic rings. The highest BCUT2D eigenvalue weighted by molar-refractivity contribution is 6.30. The minimum Gasteiger partial charge on any atom is -0.393 e. The maximum atomic E-state index is 9.41. The SMILES string of the molecule is Cc1c(Cl)nc(C(C)(C)C)nc1NC(C)CC(C)O. The van der Waals surface area contributed by atoms with Gasteiger partial charge in [-0.1, -0.05) is 32.4 Å². The van der Waals surface area contributed by atoms with Crippen molar-refractivity contribution in [2.24, 2.45) is 0 Å². The van der Waals surface area contributed by atoms with Gasteiger partial charge < -0.3 is 10.4 Å². The van der Waals surface area contributed by atoms with E-state index in [1.807, 2.05) is 13.8 Å². The van der Waals surface area contributed by atoms with Crippen LogP contribution in [0.2, 0.25) is 5.15 Å². The number of anilines is 1. The molecule has 0 saturated heterocycles. The van der Waals surface area contributed by atoms with E-state index in [-0.39, 0.29) is 17.6 Å². The number of rotatable bonds is 4. The quantitative estimate of drug-likeness (QED) is 0.834. The lowest BCUT2D eigenvalue weighted by Crippen LogP contribution is -2.24. The fourth-order valence-corrected chi connectivity index (χ4v) is 1.94. The molecule has 1 aromatic heterocycles. The average Bonchev–Trinajstić information content (AvgIpc) is 2.21. The van der Waals surface area contributed by atoms with Crippen molar-refractivity contribution in [3.63, 3.8) is 0 Å². The van der Waals surface area contributed by atoms with Crippen molar-refractivity contribution in [1.29, 1.82) is 0 Å². The number of nitrogens with zero attached hydrogens (tertiary/aromatic N) is 2. The summed E-state index contributed by atoms with van der Waals surface area (Å²) in [6.45, 7) is 11.8. The molecule has 108 valence electrons. The summed E-state index contributed by atoms with van der Waals surface area (Å²) >= 11 is 6.17. The fraction of sp³-hybridized carbons (Fsp3) is 0.714. The highest BCUT2D eigenvalue weighted by Gasteiger charge is 2.21. The molecule has 0 saturated carbocycles. The van der Waals surface area contributed by atoms with Crippen LogP contribution in [0.15, 0.2) is 0 Å². The summed E-state index contributed by atoms with van der Waals surface area (Å²) in [4.78, 5) is 8.90. The van der Waals surface area contributed by atoms with Gasteiger partial charge in [0, 0.05) is 17.0 Å². The van der Waals surface area contributed by atoms with E-state index in [9.17, 15) is 5.11 Å². The van der Waals surface area contributed by atoms with Gasteiger partial charge >= 0.3 is 0 Å². The zero-order chi connectivity index (χ0) is 14.8. The third-order valence-electron chi connectivity index (χ3n) is 2.84. The summed E-state index contributed by atoms with van der Waals surface area (Å²) in [6, 6.07) is 0.123. The van der Waals surface area contributed by atoms with Crippen LogP contribution in [0.4, 0.5) is 5.82 Å². The van der Waals surface area contributed by atoms with E-state index in [0.29, 0.717) is 11.6 Å². The molecule has 0 spiro atoms.